The molecule has 1 aliphatic heterocycles. The number of amides is 1. The zero-order chi connectivity index (χ0) is 20.1. The van der Waals surface area contributed by atoms with Gasteiger partial charge in [-0.25, -0.2) is 4.98 Å². The molecule has 28 heavy (non-hydrogen) atoms. The summed E-state index contributed by atoms with van der Waals surface area (Å²) in [5.74, 6) is 0.326. The molecule has 1 saturated carbocycles. The first kappa shape index (κ1) is 20.3. The van der Waals surface area contributed by atoms with Gasteiger partial charge in [-0.2, -0.15) is 0 Å². The molecule has 1 saturated heterocycles. The third-order valence-corrected chi connectivity index (χ3v) is 8.75. The van der Waals surface area contributed by atoms with E-state index in [0.29, 0.717) is 39.1 Å². The van der Waals surface area contributed by atoms with Crippen LogP contribution >= 0.6 is 11.3 Å². The molecule has 5 atom stereocenters. The summed E-state index contributed by atoms with van der Waals surface area (Å²) in [6, 6.07) is 0. The molecule has 1 aromatic heterocycles. The molecule has 3 aliphatic rings. The van der Waals surface area contributed by atoms with Gasteiger partial charge in [-0.3, -0.25) is 4.79 Å². The fourth-order valence-corrected chi connectivity index (χ4v) is 6.93. The van der Waals surface area contributed by atoms with Gasteiger partial charge in [0.05, 0.1) is 36.6 Å². The standard InChI is InChI=1S/C21H32N2O4S/c1-13-22-19-14(10-18(26)23-6-8-27-9-7-23)20(2)5-4-17(25)21(3,12-24)16(20)11-15(19)28-13/h14,16-17,24-25H,4-12H2,1-3H3/t14-,16-,17-,20+,21+/m1/s1. The number of carbonyl (C=O) groups is 1. The Hall–Kier alpha value is -1.02. The first-order chi connectivity index (χ1) is 13.3. The number of thiazole rings is 1. The molecule has 0 aromatic carbocycles. The van der Waals surface area contributed by atoms with Gasteiger partial charge in [0.15, 0.2) is 0 Å². The van der Waals surface area contributed by atoms with E-state index < -0.39 is 11.5 Å². The summed E-state index contributed by atoms with van der Waals surface area (Å²) in [5.41, 5.74) is 0.370. The van der Waals surface area contributed by atoms with Gasteiger partial charge in [-0.15, -0.1) is 11.3 Å². The van der Waals surface area contributed by atoms with Crippen molar-refractivity contribution in [3.05, 3.63) is 15.6 Å². The predicted molar refractivity (Wildman–Crippen MR) is 107 cm³/mol. The fraction of sp³-hybridized carbons (Fsp3) is 0.810. The number of ether oxygens (including phenoxy) is 1. The van der Waals surface area contributed by atoms with Crippen molar-refractivity contribution >= 4 is 17.2 Å². The van der Waals surface area contributed by atoms with Crippen LogP contribution in [0.1, 0.15) is 54.6 Å². The van der Waals surface area contributed by atoms with Gasteiger partial charge in [0, 0.05) is 35.7 Å². The normalized spacial score (nSPS) is 38.0. The van der Waals surface area contributed by atoms with Crippen LogP contribution in [0.15, 0.2) is 0 Å². The van der Waals surface area contributed by atoms with Crippen LogP contribution in [-0.4, -0.2) is 65.0 Å². The largest absolute Gasteiger partial charge is 0.396 e. The second-order valence-corrected chi connectivity index (χ2v) is 10.6. The quantitative estimate of drug-likeness (QED) is 0.801. The van der Waals surface area contributed by atoms with E-state index in [1.54, 1.807) is 11.3 Å². The van der Waals surface area contributed by atoms with E-state index in [1.165, 1.54) is 4.88 Å². The molecule has 1 aromatic rings. The van der Waals surface area contributed by atoms with Gasteiger partial charge in [-0.1, -0.05) is 13.8 Å². The van der Waals surface area contributed by atoms with Crippen LogP contribution in [-0.2, 0) is 16.0 Å². The molecule has 2 heterocycles. The molecule has 0 unspecified atom stereocenters. The molecule has 2 N–H and O–H groups in total. The van der Waals surface area contributed by atoms with Crippen LogP contribution in [0.3, 0.4) is 0 Å². The summed E-state index contributed by atoms with van der Waals surface area (Å²) in [6.07, 6.45) is 2.27. The monoisotopic (exact) mass is 408 g/mol. The predicted octanol–water partition coefficient (Wildman–Crippen LogP) is 2.12. The van der Waals surface area contributed by atoms with E-state index in [-0.39, 0.29) is 29.8 Å². The third kappa shape index (κ3) is 3.11. The minimum atomic E-state index is -0.553. The summed E-state index contributed by atoms with van der Waals surface area (Å²) in [6.45, 7) is 8.77. The summed E-state index contributed by atoms with van der Waals surface area (Å²) in [5, 5.41) is 22.0. The molecule has 7 heteroatoms. The molecule has 1 amide bonds. The van der Waals surface area contributed by atoms with Crippen LogP contribution < -0.4 is 0 Å². The van der Waals surface area contributed by atoms with Crippen molar-refractivity contribution in [2.45, 2.75) is 58.5 Å². The number of hydrogen-bond acceptors (Lipinski definition) is 6. The number of hydrogen-bond donors (Lipinski definition) is 2. The maximum atomic E-state index is 13.1. The highest BCUT2D eigenvalue weighted by Gasteiger charge is 2.59. The van der Waals surface area contributed by atoms with Crippen molar-refractivity contribution in [1.82, 2.24) is 9.88 Å². The Morgan fingerprint density at radius 3 is 2.75 bits per heavy atom. The zero-order valence-electron chi connectivity index (χ0n) is 17.1. The summed E-state index contributed by atoms with van der Waals surface area (Å²) >= 11 is 1.70. The van der Waals surface area contributed by atoms with Crippen molar-refractivity contribution in [3.8, 4) is 0 Å². The zero-order valence-corrected chi connectivity index (χ0v) is 17.9. The van der Waals surface area contributed by atoms with Crippen LogP contribution in [0, 0.1) is 23.7 Å². The minimum absolute atomic E-state index is 0.0277. The Morgan fingerprint density at radius 1 is 1.36 bits per heavy atom. The van der Waals surface area contributed by atoms with Crippen molar-refractivity contribution < 1.29 is 19.7 Å². The minimum Gasteiger partial charge on any atom is -0.396 e. The molecule has 156 valence electrons. The Morgan fingerprint density at radius 2 is 2.07 bits per heavy atom. The van der Waals surface area contributed by atoms with Gasteiger partial charge in [0.1, 0.15) is 0 Å². The number of aliphatic hydroxyl groups is 2. The summed E-state index contributed by atoms with van der Waals surface area (Å²) < 4.78 is 5.40. The van der Waals surface area contributed by atoms with Crippen molar-refractivity contribution in [1.29, 1.82) is 0 Å². The highest BCUT2D eigenvalue weighted by atomic mass is 32.1. The number of aryl methyl sites for hydroxylation is 1. The van der Waals surface area contributed by atoms with Crippen LogP contribution in [0.2, 0.25) is 0 Å². The summed E-state index contributed by atoms with van der Waals surface area (Å²) in [4.78, 5) is 21.1. The van der Waals surface area contributed by atoms with E-state index >= 15 is 0 Å². The molecule has 0 radical (unpaired) electrons. The lowest BCUT2D eigenvalue weighted by atomic mass is 9.47. The highest BCUT2D eigenvalue weighted by Crippen LogP contribution is 2.62. The van der Waals surface area contributed by atoms with Crippen molar-refractivity contribution in [2.24, 2.45) is 16.7 Å². The number of carbonyl (C=O) groups excluding carboxylic acids is 1. The smallest absolute Gasteiger partial charge is 0.223 e. The first-order valence-electron chi connectivity index (χ1n) is 10.4. The Kier molecular flexibility index (Phi) is 5.31. The summed E-state index contributed by atoms with van der Waals surface area (Å²) in [7, 11) is 0. The molecular weight excluding hydrogens is 376 g/mol. The second-order valence-electron chi connectivity index (χ2n) is 9.27. The molecule has 2 aliphatic carbocycles. The van der Waals surface area contributed by atoms with E-state index in [4.69, 9.17) is 9.72 Å². The topological polar surface area (TPSA) is 82.9 Å². The van der Waals surface area contributed by atoms with Gasteiger partial charge < -0.3 is 19.8 Å². The molecule has 0 bridgehead atoms. The molecule has 6 nitrogen and oxygen atoms in total. The van der Waals surface area contributed by atoms with Crippen LogP contribution in [0.5, 0.6) is 0 Å². The molecular formula is C21H32N2O4S. The Bertz CT molecular complexity index is 747. The number of nitrogens with zero attached hydrogens (tertiary/aromatic N) is 2. The lowest BCUT2D eigenvalue weighted by molar-refractivity contribution is -0.149. The Labute approximate surface area is 170 Å². The first-order valence-corrected chi connectivity index (χ1v) is 11.2. The molecule has 0 spiro atoms. The van der Waals surface area contributed by atoms with Crippen LogP contribution in [0.25, 0.3) is 0 Å². The maximum absolute atomic E-state index is 13.1. The van der Waals surface area contributed by atoms with Gasteiger partial charge >= 0.3 is 0 Å². The average molecular weight is 409 g/mol. The lowest BCUT2D eigenvalue weighted by Crippen LogP contribution is -2.58. The van der Waals surface area contributed by atoms with Crippen LogP contribution in [0.4, 0.5) is 0 Å². The van der Waals surface area contributed by atoms with Crippen molar-refractivity contribution in [2.75, 3.05) is 32.9 Å². The fourth-order valence-electron chi connectivity index (χ4n) is 5.88. The highest BCUT2D eigenvalue weighted by molar-refractivity contribution is 7.11. The number of fused-ring (bicyclic) bond motifs is 2. The van der Waals surface area contributed by atoms with Gasteiger partial charge in [-0.05, 0) is 37.5 Å². The van der Waals surface area contributed by atoms with E-state index in [9.17, 15) is 15.0 Å². The van der Waals surface area contributed by atoms with E-state index in [0.717, 1.165) is 23.5 Å². The molecule has 4 rings (SSSR count). The third-order valence-electron chi connectivity index (χ3n) is 7.74. The maximum Gasteiger partial charge on any atom is 0.223 e. The second kappa shape index (κ2) is 7.35. The number of aliphatic hydroxyl groups excluding tert-OH is 2. The molecule has 2 fully saturated rings. The van der Waals surface area contributed by atoms with Gasteiger partial charge in [0.25, 0.3) is 0 Å². The number of morpholine rings is 1. The average Bonchev–Trinajstić information content (AvgIpc) is 3.07. The van der Waals surface area contributed by atoms with E-state index in [2.05, 4.69) is 6.92 Å². The Balaban J connectivity index is 1.71. The number of rotatable bonds is 3. The SMILES string of the molecule is Cc1nc2c(s1)C[C@H]1[C@](C)(CO)[C@H](O)CC[C@@]1(C)[C@@H]2CC(=O)N1CCOCC1. The lowest BCUT2D eigenvalue weighted by Gasteiger charge is -2.58. The number of aromatic nitrogens is 1. The van der Waals surface area contributed by atoms with Crippen molar-refractivity contribution in [3.63, 3.8) is 0 Å². The van der Waals surface area contributed by atoms with E-state index in [1.807, 2.05) is 18.7 Å². The van der Waals surface area contributed by atoms with Gasteiger partial charge in [0.2, 0.25) is 5.91 Å².